The molecule has 0 saturated heterocycles. The molecule has 1 aliphatic rings. The quantitative estimate of drug-likeness (QED) is 0.456. The zero-order valence-corrected chi connectivity index (χ0v) is 17.7. The Balaban J connectivity index is 1.78. The second-order valence-corrected chi connectivity index (χ2v) is 7.67. The molecule has 2 N–H and O–H groups in total. The van der Waals surface area contributed by atoms with E-state index in [1.807, 2.05) is 0 Å². The van der Waals surface area contributed by atoms with Crippen molar-refractivity contribution in [1.82, 2.24) is 19.9 Å². The van der Waals surface area contributed by atoms with E-state index in [9.17, 15) is 18.0 Å². The number of benzene rings is 1. The van der Waals surface area contributed by atoms with Gasteiger partial charge in [-0.3, -0.25) is 0 Å². The topological polar surface area (TPSA) is 88.2 Å². The number of fused-ring (bicyclic) bond motifs is 3. The standard InChI is InChI=1S/C23H15BF3N6O/c1-32-21(24)15-11-29-17-7-6-16(12-5-8-18(28)30-10-12)31-19(17)20(15)33(22(32)34)14-4-2-3-13(9-14)23(25,26)27/h2-11H,1H3,(H2,28,30). The van der Waals surface area contributed by atoms with Gasteiger partial charge in [0.1, 0.15) is 0 Å². The summed E-state index contributed by atoms with van der Waals surface area (Å²) in [5.74, 6) is 0.343. The minimum absolute atomic E-state index is 0.0225. The fourth-order valence-corrected chi connectivity index (χ4v) is 3.77. The van der Waals surface area contributed by atoms with Gasteiger partial charge in [0, 0.05) is 0 Å². The molecular formula is C23H15BF3N6O. The van der Waals surface area contributed by atoms with Gasteiger partial charge in [-0.1, -0.05) is 0 Å². The molecule has 11 heteroatoms. The second kappa shape index (κ2) is 7.65. The molecule has 7 nitrogen and oxygen atoms in total. The van der Waals surface area contributed by atoms with Crippen molar-refractivity contribution < 1.29 is 18.0 Å². The van der Waals surface area contributed by atoms with E-state index < -0.39 is 17.8 Å². The number of hydrogen-bond donors (Lipinski definition) is 1. The molecule has 0 unspecified atom stereocenters. The molecule has 4 aromatic rings. The van der Waals surface area contributed by atoms with Crippen LogP contribution in [0, 0.1) is 0 Å². The minimum atomic E-state index is -4.58. The number of nitrogen functional groups attached to an aromatic ring is 1. The summed E-state index contributed by atoms with van der Waals surface area (Å²) < 4.78 is 40.2. The first-order chi connectivity index (χ1) is 16.1. The Morgan fingerprint density at radius 3 is 2.53 bits per heavy atom. The first-order valence-electron chi connectivity index (χ1n) is 10.0. The Morgan fingerprint density at radius 1 is 1.03 bits per heavy atom. The number of aromatic nitrogens is 3. The number of carbonyl (C=O) groups excluding carboxylic acids is 1. The van der Waals surface area contributed by atoms with Crippen LogP contribution in [-0.2, 0) is 6.18 Å². The van der Waals surface area contributed by atoms with Crippen molar-refractivity contribution in [3.8, 4) is 11.3 Å². The van der Waals surface area contributed by atoms with Crippen LogP contribution in [0.5, 0.6) is 0 Å². The summed E-state index contributed by atoms with van der Waals surface area (Å²) >= 11 is 0. The third-order valence-electron chi connectivity index (χ3n) is 5.54. The van der Waals surface area contributed by atoms with E-state index in [0.717, 1.165) is 17.0 Å². The normalized spacial score (nSPS) is 14.0. The molecule has 0 atom stereocenters. The van der Waals surface area contributed by atoms with Crippen LogP contribution in [0.3, 0.4) is 0 Å². The molecule has 0 fully saturated rings. The molecule has 0 aliphatic carbocycles. The number of nitrogens with zero attached hydrogens (tertiary/aromatic N) is 5. The number of alkyl halides is 3. The number of amides is 2. The van der Waals surface area contributed by atoms with Gasteiger partial charge in [0.25, 0.3) is 0 Å². The first-order valence-corrected chi connectivity index (χ1v) is 10.0. The summed E-state index contributed by atoms with van der Waals surface area (Å²) in [5.41, 5.74) is 7.45. The van der Waals surface area contributed by atoms with Crippen LogP contribution in [-0.4, -0.2) is 46.0 Å². The molecule has 2 amide bonds. The number of urea groups is 1. The maximum absolute atomic E-state index is 13.4. The van der Waals surface area contributed by atoms with Crippen LogP contribution in [0.1, 0.15) is 11.1 Å². The van der Waals surface area contributed by atoms with Crippen LogP contribution < -0.4 is 10.6 Å². The molecule has 0 bridgehead atoms. The van der Waals surface area contributed by atoms with E-state index in [2.05, 4.69) is 15.0 Å². The predicted molar refractivity (Wildman–Crippen MR) is 124 cm³/mol. The van der Waals surface area contributed by atoms with E-state index in [1.54, 1.807) is 30.5 Å². The average Bonchev–Trinajstić information content (AvgIpc) is 2.82. The number of pyridine rings is 3. The number of carbonyl (C=O) groups is 1. The molecule has 3 aromatic heterocycles. The summed E-state index contributed by atoms with van der Waals surface area (Å²) in [6.45, 7) is 0. The van der Waals surface area contributed by atoms with Crippen LogP contribution in [0.25, 0.3) is 22.3 Å². The summed E-state index contributed by atoms with van der Waals surface area (Å²) in [5, 5.41) is 0. The predicted octanol–water partition coefficient (Wildman–Crippen LogP) is 4.14. The summed E-state index contributed by atoms with van der Waals surface area (Å²) in [6.07, 6.45) is -1.55. The molecule has 0 saturated carbocycles. The van der Waals surface area contributed by atoms with Crippen molar-refractivity contribution in [2.75, 3.05) is 17.7 Å². The van der Waals surface area contributed by atoms with Gasteiger partial charge in [-0.2, -0.15) is 0 Å². The van der Waals surface area contributed by atoms with Crippen molar-refractivity contribution in [2.45, 2.75) is 6.18 Å². The second-order valence-electron chi connectivity index (χ2n) is 7.67. The number of rotatable bonds is 2. The summed E-state index contributed by atoms with van der Waals surface area (Å²) in [4.78, 5) is 28.8. The Labute approximate surface area is 192 Å². The van der Waals surface area contributed by atoms with Gasteiger partial charge in [-0.15, -0.1) is 0 Å². The molecule has 4 heterocycles. The van der Waals surface area contributed by atoms with Crippen LogP contribution in [0.4, 0.5) is 35.2 Å². The molecular weight excluding hydrogens is 444 g/mol. The number of halogens is 3. The SMILES string of the molecule is [B]=C1c2cnc3ccc(-c4ccc(N)nc4)nc3c2N(c2cccc(C(F)(F)F)c2)C(=O)N1C. The van der Waals surface area contributed by atoms with Gasteiger partial charge in [-0.25, -0.2) is 0 Å². The van der Waals surface area contributed by atoms with E-state index in [1.165, 1.54) is 30.3 Å². The van der Waals surface area contributed by atoms with Gasteiger partial charge in [0.2, 0.25) is 0 Å². The molecule has 1 aliphatic heterocycles. The summed E-state index contributed by atoms with van der Waals surface area (Å²) in [7, 11) is 7.64. The molecule has 5 rings (SSSR count). The van der Waals surface area contributed by atoms with Crippen molar-refractivity contribution in [3.05, 3.63) is 72.1 Å². The molecule has 1 radical (unpaired) electrons. The van der Waals surface area contributed by atoms with Crippen LogP contribution in [0.2, 0.25) is 0 Å². The average molecular weight is 459 g/mol. The zero-order chi connectivity index (χ0) is 24.2. The monoisotopic (exact) mass is 459 g/mol. The Kier molecular flexibility index (Phi) is 4.85. The van der Waals surface area contributed by atoms with Crippen molar-refractivity contribution >= 4 is 47.3 Å². The third-order valence-corrected chi connectivity index (χ3v) is 5.54. The summed E-state index contributed by atoms with van der Waals surface area (Å²) in [6, 6.07) is 10.7. The zero-order valence-electron chi connectivity index (χ0n) is 17.7. The third kappa shape index (κ3) is 3.45. The first kappa shape index (κ1) is 21.6. The Hall–Kier alpha value is -4.28. The van der Waals surface area contributed by atoms with Gasteiger partial charge in [0.15, 0.2) is 0 Å². The molecule has 34 heavy (non-hydrogen) atoms. The van der Waals surface area contributed by atoms with E-state index in [4.69, 9.17) is 13.2 Å². The van der Waals surface area contributed by atoms with Gasteiger partial charge < -0.3 is 0 Å². The molecule has 1 aromatic carbocycles. The molecule has 0 spiro atoms. The number of anilines is 3. The van der Waals surface area contributed by atoms with Gasteiger partial charge in [-0.05, 0) is 0 Å². The maximum atomic E-state index is 13.4. The number of hydrogen-bond acceptors (Lipinski definition) is 5. The van der Waals surface area contributed by atoms with Crippen molar-refractivity contribution in [1.29, 1.82) is 0 Å². The van der Waals surface area contributed by atoms with E-state index in [-0.39, 0.29) is 17.0 Å². The fourth-order valence-electron chi connectivity index (χ4n) is 3.77. The van der Waals surface area contributed by atoms with Crippen LogP contribution in [0.15, 0.2) is 60.9 Å². The van der Waals surface area contributed by atoms with Crippen molar-refractivity contribution in [2.24, 2.45) is 0 Å². The van der Waals surface area contributed by atoms with Crippen molar-refractivity contribution in [3.63, 3.8) is 0 Å². The number of nitrogens with two attached hydrogens (primary N) is 1. The van der Waals surface area contributed by atoms with E-state index >= 15 is 0 Å². The van der Waals surface area contributed by atoms with E-state index in [0.29, 0.717) is 33.7 Å². The van der Waals surface area contributed by atoms with Gasteiger partial charge >= 0.3 is 192 Å². The fraction of sp³-hybridized carbons (Fsp3) is 0.0870. The Bertz CT molecular complexity index is 1470. The molecule has 167 valence electrons. The van der Waals surface area contributed by atoms with Crippen LogP contribution >= 0.6 is 0 Å². The Morgan fingerprint density at radius 2 is 1.82 bits per heavy atom. The van der Waals surface area contributed by atoms with Gasteiger partial charge in [0.05, 0.1) is 0 Å².